The second kappa shape index (κ2) is 6.60. The number of hydrogen-bond donors (Lipinski definition) is 0. The van der Waals surface area contributed by atoms with Crippen LogP contribution in [-0.4, -0.2) is 0 Å². The molecule has 0 bridgehead atoms. The maximum absolute atomic E-state index is 9.87. The fraction of sp³-hybridized carbons (Fsp3) is 0.316. The highest BCUT2D eigenvalue weighted by atomic mass is 127. The molecular weight excluding hydrogens is 405 g/mol. The molecule has 0 saturated carbocycles. The highest BCUT2D eigenvalue weighted by molar-refractivity contribution is 14.1. The van der Waals surface area contributed by atoms with Crippen LogP contribution in [0.1, 0.15) is 29.5 Å². The molecule has 3 rings (SSSR count). The lowest BCUT2D eigenvalue weighted by atomic mass is 9.76. The normalized spacial score (nSPS) is 16.4. The van der Waals surface area contributed by atoms with E-state index in [0.717, 1.165) is 40.7 Å². The Kier molecular flexibility index (Phi) is 4.75. The van der Waals surface area contributed by atoms with Gasteiger partial charge in [0.25, 0.3) is 0 Å². The highest BCUT2D eigenvalue weighted by Crippen LogP contribution is 2.38. The van der Waals surface area contributed by atoms with Crippen LogP contribution in [-0.2, 0) is 19.3 Å². The molecule has 0 saturated heterocycles. The number of hydrogen-bond acceptors (Lipinski definition) is 1. The maximum atomic E-state index is 9.87. The van der Waals surface area contributed by atoms with Crippen LogP contribution in [0.2, 0.25) is 5.02 Å². The van der Waals surface area contributed by atoms with Gasteiger partial charge in [-0.15, -0.1) is 0 Å². The molecule has 22 heavy (non-hydrogen) atoms. The summed E-state index contributed by atoms with van der Waals surface area (Å²) in [5.74, 6) is 0. The summed E-state index contributed by atoms with van der Waals surface area (Å²) in [5, 5.41) is 10.6. The van der Waals surface area contributed by atoms with Crippen LogP contribution in [0.4, 0.5) is 0 Å². The first-order valence-electron chi connectivity index (χ1n) is 7.54. The van der Waals surface area contributed by atoms with Gasteiger partial charge in [0, 0.05) is 8.59 Å². The first-order valence-corrected chi connectivity index (χ1v) is 8.99. The molecule has 0 aliphatic heterocycles. The lowest BCUT2D eigenvalue weighted by Crippen LogP contribution is -2.22. The second-order valence-electron chi connectivity index (χ2n) is 6.07. The van der Waals surface area contributed by atoms with Gasteiger partial charge >= 0.3 is 0 Å². The van der Waals surface area contributed by atoms with Crippen LogP contribution >= 0.6 is 34.2 Å². The number of fused-ring (bicyclic) bond motifs is 1. The number of aryl methyl sites for hydroxylation is 2. The van der Waals surface area contributed by atoms with E-state index >= 15 is 0 Å². The van der Waals surface area contributed by atoms with E-state index in [4.69, 9.17) is 11.6 Å². The first kappa shape index (κ1) is 15.8. The van der Waals surface area contributed by atoms with Crippen LogP contribution in [0, 0.1) is 20.3 Å². The van der Waals surface area contributed by atoms with E-state index in [-0.39, 0.29) is 5.41 Å². The fourth-order valence-corrected chi connectivity index (χ4v) is 4.34. The lowest BCUT2D eigenvalue weighted by molar-refractivity contribution is 0.341. The van der Waals surface area contributed by atoms with Crippen molar-refractivity contribution < 1.29 is 0 Å². The quantitative estimate of drug-likeness (QED) is 0.459. The average molecular weight is 422 g/mol. The van der Waals surface area contributed by atoms with Crippen LogP contribution in [0.25, 0.3) is 0 Å². The van der Waals surface area contributed by atoms with Crippen molar-refractivity contribution in [2.45, 2.75) is 32.1 Å². The van der Waals surface area contributed by atoms with Gasteiger partial charge in [0.1, 0.15) is 0 Å². The van der Waals surface area contributed by atoms with Gasteiger partial charge in [-0.25, -0.2) is 0 Å². The Morgan fingerprint density at radius 1 is 1.09 bits per heavy atom. The summed E-state index contributed by atoms with van der Waals surface area (Å²) in [6.07, 6.45) is 4.66. The Labute approximate surface area is 150 Å². The molecule has 0 aromatic heterocycles. The average Bonchev–Trinajstić information content (AvgIpc) is 2.71. The van der Waals surface area contributed by atoms with Gasteiger partial charge in [0.2, 0.25) is 0 Å². The molecule has 2 aromatic rings. The Morgan fingerprint density at radius 2 is 1.73 bits per heavy atom. The molecule has 112 valence electrons. The number of rotatable bonds is 2. The van der Waals surface area contributed by atoms with E-state index in [9.17, 15) is 5.26 Å². The van der Waals surface area contributed by atoms with E-state index in [1.54, 1.807) is 0 Å². The third-order valence-corrected chi connectivity index (χ3v) is 5.88. The van der Waals surface area contributed by atoms with Crippen molar-refractivity contribution in [1.29, 1.82) is 5.26 Å². The fourth-order valence-electron chi connectivity index (χ4n) is 3.28. The Morgan fingerprint density at radius 3 is 2.27 bits per heavy atom. The molecule has 1 aliphatic rings. The van der Waals surface area contributed by atoms with Crippen LogP contribution in [0.5, 0.6) is 0 Å². The zero-order valence-electron chi connectivity index (χ0n) is 12.3. The van der Waals surface area contributed by atoms with Crippen LogP contribution < -0.4 is 0 Å². The molecular formula is C19H17ClIN. The number of nitrogens with zero attached hydrogens (tertiary/aromatic N) is 1. The molecule has 2 aromatic carbocycles. The Bertz CT molecular complexity index is 705. The van der Waals surface area contributed by atoms with Gasteiger partial charge in [-0.05, 0) is 83.5 Å². The number of halogens is 2. The molecule has 0 unspecified atom stereocenters. The third-order valence-electron chi connectivity index (χ3n) is 4.65. The van der Waals surface area contributed by atoms with E-state index in [0.29, 0.717) is 0 Å². The van der Waals surface area contributed by atoms with Crippen molar-refractivity contribution in [3.63, 3.8) is 0 Å². The molecule has 1 nitrogen and oxygen atoms in total. The molecule has 0 radical (unpaired) electrons. The monoisotopic (exact) mass is 421 g/mol. The summed E-state index contributed by atoms with van der Waals surface area (Å²) in [6.45, 7) is 0. The lowest BCUT2D eigenvalue weighted by Gasteiger charge is -2.25. The van der Waals surface area contributed by atoms with Crippen molar-refractivity contribution in [1.82, 2.24) is 0 Å². The number of benzene rings is 2. The number of nitriles is 1. The van der Waals surface area contributed by atoms with E-state index in [1.165, 1.54) is 16.7 Å². The molecule has 0 fully saturated rings. The van der Waals surface area contributed by atoms with Gasteiger partial charge in [-0.1, -0.05) is 41.9 Å². The molecule has 3 heteroatoms. The summed E-state index contributed by atoms with van der Waals surface area (Å²) < 4.78 is 1.15. The smallest absolute Gasteiger partial charge is 0.0693 e. The second-order valence-corrected chi connectivity index (χ2v) is 7.67. The van der Waals surface area contributed by atoms with E-state index in [2.05, 4.69) is 59.0 Å². The molecule has 0 N–H and O–H groups in total. The summed E-state index contributed by atoms with van der Waals surface area (Å²) in [5.41, 5.74) is 3.78. The van der Waals surface area contributed by atoms with E-state index in [1.807, 2.05) is 12.1 Å². The van der Waals surface area contributed by atoms with Gasteiger partial charge in [0.15, 0.2) is 0 Å². The summed E-state index contributed by atoms with van der Waals surface area (Å²) >= 11 is 8.37. The van der Waals surface area contributed by atoms with Crippen LogP contribution in [0.15, 0.2) is 42.5 Å². The summed E-state index contributed by atoms with van der Waals surface area (Å²) in [6, 6.07) is 17.2. The molecule has 0 atom stereocenters. The standard InChI is InChI=1S/C19H17ClIN/c20-17-6-5-16(18(21)11-17)12-19(13-22)9-7-14-3-1-2-4-15(14)8-10-19/h1-6,11H,7-10,12H2. The zero-order valence-corrected chi connectivity index (χ0v) is 15.2. The minimum absolute atomic E-state index is 0.271. The SMILES string of the molecule is N#CC1(Cc2ccc(Cl)cc2I)CCc2ccccc2CC1. The minimum atomic E-state index is -0.271. The zero-order chi connectivity index (χ0) is 15.6. The Balaban J connectivity index is 1.86. The van der Waals surface area contributed by atoms with Crippen molar-refractivity contribution in [3.8, 4) is 6.07 Å². The van der Waals surface area contributed by atoms with Gasteiger partial charge in [-0.3, -0.25) is 0 Å². The third kappa shape index (κ3) is 3.31. The predicted molar refractivity (Wildman–Crippen MR) is 99.0 cm³/mol. The summed E-state index contributed by atoms with van der Waals surface area (Å²) in [7, 11) is 0. The van der Waals surface area contributed by atoms with Crippen molar-refractivity contribution in [2.75, 3.05) is 0 Å². The van der Waals surface area contributed by atoms with Crippen molar-refractivity contribution in [2.24, 2.45) is 5.41 Å². The molecule has 0 spiro atoms. The Hall–Kier alpha value is -1.05. The molecule has 0 heterocycles. The van der Waals surface area contributed by atoms with Gasteiger partial charge in [0.05, 0.1) is 11.5 Å². The van der Waals surface area contributed by atoms with Crippen molar-refractivity contribution >= 4 is 34.2 Å². The topological polar surface area (TPSA) is 23.8 Å². The largest absolute Gasteiger partial charge is 0.198 e. The van der Waals surface area contributed by atoms with Crippen molar-refractivity contribution in [3.05, 3.63) is 67.7 Å². The highest BCUT2D eigenvalue weighted by Gasteiger charge is 2.33. The maximum Gasteiger partial charge on any atom is 0.0693 e. The van der Waals surface area contributed by atoms with E-state index < -0.39 is 0 Å². The predicted octanol–water partition coefficient (Wildman–Crippen LogP) is 5.58. The summed E-state index contributed by atoms with van der Waals surface area (Å²) in [4.78, 5) is 0. The molecule has 0 amide bonds. The molecule has 1 aliphatic carbocycles. The van der Waals surface area contributed by atoms with Gasteiger partial charge < -0.3 is 0 Å². The minimum Gasteiger partial charge on any atom is -0.198 e. The van der Waals surface area contributed by atoms with Gasteiger partial charge in [-0.2, -0.15) is 5.26 Å². The first-order chi connectivity index (χ1) is 10.6. The van der Waals surface area contributed by atoms with Crippen LogP contribution in [0.3, 0.4) is 0 Å².